The number of carbonyl (C=O) groups is 2. The van der Waals surface area contributed by atoms with Crippen LogP contribution < -0.4 is 0 Å². The van der Waals surface area contributed by atoms with Gasteiger partial charge in [0.25, 0.3) is 5.91 Å². The van der Waals surface area contributed by atoms with E-state index < -0.39 is 5.97 Å². The molecule has 0 atom stereocenters. The van der Waals surface area contributed by atoms with E-state index in [4.69, 9.17) is 5.11 Å². The van der Waals surface area contributed by atoms with E-state index in [0.29, 0.717) is 15.6 Å². The predicted octanol–water partition coefficient (Wildman–Crippen LogP) is 3.87. The average Bonchev–Trinajstić information content (AvgIpc) is 2.50. The lowest BCUT2D eigenvalue weighted by atomic mass is 10.0. The van der Waals surface area contributed by atoms with Gasteiger partial charge in [0, 0.05) is 19.2 Å². The molecule has 2 aromatic carbocycles. The Labute approximate surface area is 141 Å². The standard InChI is InChI=1S/C17H15BrFNO3/c1-10-12(4-3-5-13(10)17(22)23)16(21)20(2)9-11-6-7-15(19)14(18)8-11/h3-8H,9H2,1-2H3,(H,22,23). The van der Waals surface area contributed by atoms with Crippen molar-refractivity contribution in [3.63, 3.8) is 0 Å². The average molecular weight is 380 g/mol. The molecule has 0 radical (unpaired) electrons. The first-order chi connectivity index (χ1) is 10.8. The third kappa shape index (κ3) is 3.76. The molecule has 2 rings (SSSR count). The van der Waals surface area contributed by atoms with Crippen molar-refractivity contribution in [2.24, 2.45) is 0 Å². The van der Waals surface area contributed by atoms with E-state index in [2.05, 4.69) is 15.9 Å². The normalized spacial score (nSPS) is 10.4. The van der Waals surface area contributed by atoms with E-state index in [1.165, 1.54) is 17.0 Å². The number of hydrogen-bond acceptors (Lipinski definition) is 2. The van der Waals surface area contributed by atoms with Gasteiger partial charge in [0.15, 0.2) is 0 Å². The van der Waals surface area contributed by atoms with Crippen LogP contribution in [0.2, 0.25) is 0 Å². The van der Waals surface area contributed by atoms with Gasteiger partial charge in [-0.2, -0.15) is 0 Å². The number of carboxylic acid groups (broad SMARTS) is 1. The van der Waals surface area contributed by atoms with Gasteiger partial charge in [-0.1, -0.05) is 12.1 Å². The number of aromatic carboxylic acids is 1. The van der Waals surface area contributed by atoms with Crippen molar-refractivity contribution in [1.29, 1.82) is 0 Å². The summed E-state index contributed by atoms with van der Waals surface area (Å²) in [5, 5.41) is 9.14. The third-order valence-electron chi connectivity index (χ3n) is 3.55. The zero-order valence-electron chi connectivity index (χ0n) is 12.6. The van der Waals surface area contributed by atoms with Crippen molar-refractivity contribution in [1.82, 2.24) is 4.90 Å². The van der Waals surface area contributed by atoms with Gasteiger partial charge in [0.1, 0.15) is 5.82 Å². The van der Waals surface area contributed by atoms with Gasteiger partial charge in [-0.05, 0) is 58.2 Å². The largest absolute Gasteiger partial charge is 0.478 e. The number of benzene rings is 2. The van der Waals surface area contributed by atoms with Crippen molar-refractivity contribution < 1.29 is 19.1 Å². The number of carbonyl (C=O) groups excluding carboxylic acids is 1. The molecule has 0 aliphatic carbocycles. The highest BCUT2D eigenvalue weighted by Crippen LogP contribution is 2.20. The molecule has 1 N–H and O–H groups in total. The maximum Gasteiger partial charge on any atom is 0.335 e. The van der Waals surface area contributed by atoms with Crippen LogP contribution in [-0.2, 0) is 6.54 Å². The Morgan fingerprint density at radius 3 is 2.48 bits per heavy atom. The number of halogens is 2. The van der Waals surface area contributed by atoms with Crippen LogP contribution in [0.4, 0.5) is 4.39 Å². The minimum Gasteiger partial charge on any atom is -0.478 e. The van der Waals surface area contributed by atoms with Crippen LogP contribution in [0, 0.1) is 12.7 Å². The van der Waals surface area contributed by atoms with Gasteiger partial charge < -0.3 is 10.0 Å². The van der Waals surface area contributed by atoms with Crippen LogP contribution in [-0.4, -0.2) is 28.9 Å². The molecule has 0 saturated heterocycles. The third-order valence-corrected chi connectivity index (χ3v) is 4.15. The molecule has 4 nitrogen and oxygen atoms in total. The molecule has 2 aromatic rings. The summed E-state index contributed by atoms with van der Waals surface area (Å²) in [4.78, 5) is 25.2. The summed E-state index contributed by atoms with van der Waals surface area (Å²) in [6.07, 6.45) is 0. The van der Waals surface area contributed by atoms with E-state index >= 15 is 0 Å². The monoisotopic (exact) mass is 379 g/mol. The molecular weight excluding hydrogens is 365 g/mol. The maximum absolute atomic E-state index is 13.2. The van der Waals surface area contributed by atoms with Crippen molar-refractivity contribution in [3.8, 4) is 0 Å². The summed E-state index contributed by atoms with van der Waals surface area (Å²) in [5.41, 5.74) is 1.64. The second-order valence-corrected chi connectivity index (χ2v) is 6.05. The second-order valence-electron chi connectivity index (χ2n) is 5.19. The van der Waals surface area contributed by atoms with Crippen LogP contribution in [0.25, 0.3) is 0 Å². The fraction of sp³-hybridized carbons (Fsp3) is 0.176. The Hall–Kier alpha value is -2.21. The SMILES string of the molecule is Cc1c(C(=O)O)cccc1C(=O)N(C)Cc1ccc(F)c(Br)c1. The first-order valence-corrected chi connectivity index (χ1v) is 7.63. The van der Waals surface area contributed by atoms with Crippen LogP contribution in [0.5, 0.6) is 0 Å². The highest BCUT2D eigenvalue weighted by atomic mass is 79.9. The molecule has 0 bridgehead atoms. The molecule has 0 aromatic heterocycles. The first kappa shape index (κ1) is 17.1. The Bertz CT molecular complexity index is 776. The molecule has 1 amide bonds. The molecule has 0 fully saturated rings. The highest BCUT2D eigenvalue weighted by Gasteiger charge is 2.18. The quantitative estimate of drug-likeness (QED) is 0.876. The van der Waals surface area contributed by atoms with Crippen LogP contribution in [0.3, 0.4) is 0 Å². The van der Waals surface area contributed by atoms with E-state index in [0.717, 1.165) is 5.56 Å². The maximum atomic E-state index is 13.2. The van der Waals surface area contributed by atoms with E-state index in [1.807, 2.05) is 0 Å². The summed E-state index contributed by atoms with van der Waals surface area (Å²) in [7, 11) is 1.62. The number of rotatable bonds is 4. The number of nitrogens with zero attached hydrogens (tertiary/aromatic N) is 1. The smallest absolute Gasteiger partial charge is 0.335 e. The van der Waals surface area contributed by atoms with Gasteiger partial charge in [0.05, 0.1) is 10.0 Å². The number of hydrogen-bond donors (Lipinski definition) is 1. The summed E-state index contributed by atoms with van der Waals surface area (Å²) < 4.78 is 13.6. The molecule has 6 heteroatoms. The molecule has 23 heavy (non-hydrogen) atoms. The van der Waals surface area contributed by atoms with E-state index in [-0.39, 0.29) is 23.8 Å². The topological polar surface area (TPSA) is 57.6 Å². The fourth-order valence-corrected chi connectivity index (χ4v) is 2.71. The van der Waals surface area contributed by atoms with Gasteiger partial charge in [0.2, 0.25) is 0 Å². The van der Waals surface area contributed by atoms with Crippen molar-refractivity contribution >= 4 is 27.8 Å². The van der Waals surface area contributed by atoms with Gasteiger partial charge in [-0.25, -0.2) is 9.18 Å². The molecule has 0 aliphatic rings. The van der Waals surface area contributed by atoms with Crippen molar-refractivity contribution in [3.05, 3.63) is 68.9 Å². The Morgan fingerprint density at radius 1 is 1.22 bits per heavy atom. The summed E-state index contributed by atoms with van der Waals surface area (Å²) >= 11 is 3.11. The molecule has 0 unspecified atom stereocenters. The summed E-state index contributed by atoms with van der Waals surface area (Å²) in [6, 6.07) is 9.15. The lowest BCUT2D eigenvalue weighted by molar-refractivity contribution is 0.0696. The van der Waals surface area contributed by atoms with Crippen LogP contribution in [0.15, 0.2) is 40.9 Å². The van der Waals surface area contributed by atoms with E-state index in [1.54, 1.807) is 38.2 Å². The zero-order valence-corrected chi connectivity index (χ0v) is 14.2. The zero-order chi connectivity index (χ0) is 17.1. The minimum atomic E-state index is -1.07. The summed E-state index contributed by atoms with van der Waals surface area (Å²) in [6.45, 7) is 1.90. The van der Waals surface area contributed by atoms with Gasteiger partial charge in [-0.15, -0.1) is 0 Å². The van der Waals surface area contributed by atoms with Crippen molar-refractivity contribution in [2.45, 2.75) is 13.5 Å². The predicted molar refractivity (Wildman–Crippen MR) is 88.0 cm³/mol. The Morgan fingerprint density at radius 2 is 1.87 bits per heavy atom. The molecule has 0 spiro atoms. The molecule has 0 heterocycles. The second kappa shape index (κ2) is 6.91. The lowest BCUT2D eigenvalue weighted by Crippen LogP contribution is -2.27. The first-order valence-electron chi connectivity index (χ1n) is 6.83. The molecule has 120 valence electrons. The van der Waals surface area contributed by atoms with Crippen LogP contribution in [0.1, 0.15) is 31.8 Å². The van der Waals surface area contributed by atoms with Gasteiger partial charge in [-0.3, -0.25) is 4.79 Å². The van der Waals surface area contributed by atoms with Crippen molar-refractivity contribution in [2.75, 3.05) is 7.05 Å². The van der Waals surface area contributed by atoms with E-state index in [9.17, 15) is 14.0 Å². The molecule has 0 aliphatic heterocycles. The molecular formula is C17H15BrFNO3. The lowest BCUT2D eigenvalue weighted by Gasteiger charge is -2.19. The summed E-state index contributed by atoms with van der Waals surface area (Å²) in [5.74, 6) is -1.72. The minimum absolute atomic E-state index is 0.105. The number of amides is 1. The van der Waals surface area contributed by atoms with Crippen LogP contribution >= 0.6 is 15.9 Å². The fourth-order valence-electron chi connectivity index (χ4n) is 2.29. The Balaban J connectivity index is 2.24. The van der Waals surface area contributed by atoms with Gasteiger partial charge >= 0.3 is 5.97 Å². The Kier molecular flexibility index (Phi) is 5.15. The molecule has 0 saturated carbocycles. The number of carboxylic acids is 1. The highest BCUT2D eigenvalue weighted by molar-refractivity contribution is 9.10.